The minimum absolute atomic E-state index is 0.00521. The molecule has 0 saturated heterocycles. The van der Waals surface area contributed by atoms with Crippen LogP contribution in [0.15, 0.2) is 54.7 Å². The van der Waals surface area contributed by atoms with Gasteiger partial charge in [0.15, 0.2) is 11.6 Å². The average Bonchev–Trinajstić information content (AvgIpc) is 2.53. The normalized spacial score (nSPS) is 10.3. The molecule has 0 fully saturated rings. The van der Waals surface area contributed by atoms with Crippen molar-refractivity contribution >= 4 is 17.3 Å². The Morgan fingerprint density at radius 3 is 2.52 bits per heavy atom. The van der Waals surface area contributed by atoms with Crippen molar-refractivity contribution in [2.24, 2.45) is 0 Å². The van der Waals surface area contributed by atoms with Gasteiger partial charge >= 0.3 is 0 Å². The zero-order valence-corrected chi connectivity index (χ0v) is 11.8. The van der Waals surface area contributed by atoms with Crippen molar-refractivity contribution in [1.29, 1.82) is 0 Å². The summed E-state index contributed by atoms with van der Waals surface area (Å²) in [6.45, 7) is 0. The van der Waals surface area contributed by atoms with Crippen LogP contribution in [0.3, 0.4) is 0 Å². The maximum Gasteiger partial charge on any atom is 0.230 e. The van der Waals surface area contributed by atoms with Gasteiger partial charge in [0.2, 0.25) is 11.8 Å². The highest BCUT2D eigenvalue weighted by Gasteiger charge is 2.07. The number of hydrogen-bond donors (Lipinski definition) is 2. The maximum atomic E-state index is 13.7. The Kier molecular flexibility index (Phi) is 4.01. The van der Waals surface area contributed by atoms with Crippen molar-refractivity contribution in [3.8, 4) is 11.6 Å². The summed E-state index contributed by atoms with van der Waals surface area (Å²) in [5.41, 5.74) is 6.40. The van der Waals surface area contributed by atoms with Crippen molar-refractivity contribution in [3.05, 3.63) is 66.4 Å². The Hall–Kier alpha value is -3.22. The van der Waals surface area contributed by atoms with Crippen LogP contribution in [0.25, 0.3) is 0 Å². The van der Waals surface area contributed by atoms with Crippen molar-refractivity contribution < 1.29 is 13.5 Å². The number of rotatable bonds is 4. The summed E-state index contributed by atoms with van der Waals surface area (Å²) in [5, 5.41) is 2.90. The molecule has 0 spiro atoms. The molecule has 0 bridgehead atoms. The molecule has 1 heterocycles. The van der Waals surface area contributed by atoms with Crippen LogP contribution in [-0.2, 0) is 0 Å². The van der Waals surface area contributed by atoms with Gasteiger partial charge in [0.1, 0.15) is 5.82 Å². The molecule has 2 aromatic carbocycles. The molecule has 0 radical (unpaired) electrons. The van der Waals surface area contributed by atoms with E-state index in [1.165, 1.54) is 36.5 Å². The number of hydrogen-bond acceptors (Lipinski definition) is 5. The number of nitrogen functional groups attached to an aromatic ring is 1. The Morgan fingerprint density at radius 1 is 1.00 bits per heavy atom. The molecule has 3 rings (SSSR count). The average molecular weight is 314 g/mol. The number of halogens is 2. The lowest BCUT2D eigenvalue weighted by Gasteiger charge is -2.08. The number of nitrogens with zero attached hydrogens (tertiary/aromatic N) is 2. The molecular formula is C16H12F2N4O. The number of benzene rings is 2. The molecule has 0 unspecified atom stereocenters. The van der Waals surface area contributed by atoms with Crippen molar-refractivity contribution in [3.63, 3.8) is 0 Å². The van der Waals surface area contributed by atoms with Crippen LogP contribution in [0, 0.1) is 11.6 Å². The molecule has 3 aromatic rings. The molecule has 5 nitrogen and oxygen atoms in total. The topological polar surface area (TPSA) is 73.1 Å². The van der Waals surface area contributed by atoms with E-state index in [1.54, 1.807) is 12.1 Å². The summed E-state index contributed by atoms with van der Waals surface area (Å²) in [6, 6.07) is 11.3. The number of ether oxygens (including phenoxy) is 1. The van der Waals surface area contributed by atoms with E-state index in [0.717, 1.165) is 6.07 Å². The first-order valence-corrected chi connectivity index (χ1v) is 6.69. The van der Waals surface area contributed by atoms with Crippen LogP contribution in [0.1, 0.15) is 0 Å². The van der Waals surface area contributed by atoms with Crippen LogP contribution in [0.5, 0.6) is 11.6 Å². The summed E-state index contributed by atoms with van der Waals surface area (Å²) < 4.78 is 32.0. The molecule has 116 valence electrons. The predicted molar refractivity (Wildman–Crippen MR) is 82.6 cm³/mol. The van der Waals surface area contributed by atoms with E-state index in [9.17, 15) is 8.78 Å². The second kappa shape index (κ2) is 6.27. The van der Waals surface area contributed by atoms with Gasteiger partial charge in [0.05, 0.1) is 0 Å². The van der Waals surface area contributed by atoms with Gasteiger partial charge in [0, 0.05) is 29.7 Å². The van der Waals surface area contributed by atoms with Crippen LogP contribution in [0.4, 0.5) is 26.1 Å². The number of nitrogens with one attached hydrogen (secondary N) is 1. The van der Waals surface area contributed by atoms with E-state index in [-0.39, 0.29) is 23.4 Å². The highest BCUT2D eigenvalue weighted by atomic mass is 19.1. The fourth-order valence-corrected chi connectivity index (χ4v) is 1.83. The summed E-state index contributed by atoms with van der Waals surface area (Å²) in [5.74, 6) is -0.520. The Balaban J connectivity index is 1.78. The summed E-state index contributed by atoms with van der Waals surface area (Å²) >= 11 is 0. The summed E-state index contributed by atoms with van der Waals surface area (Å²) in [6.07, 6.45) is 1.46. The van der Waals surface area contributed by atoms with Crippen molar-refractivity contribution in [2.75, 3.05) is 11.1 Å². The first-order chi connectivity index (χ1) is 11.1. The molecule has 0 aliphatic rings. The lowest BCUT2D eigenvalue weighted by molar-refractivity contribution is 0.427. The van der Waals surface area contributed by atoms with Crippen LogP contribution in [-0.4, -0.2) is 9.97 Å². The Morgan fingerprint density at radius 2 is 1.78 bits per heavy atom. The Labute approximate surface area is 130 Å². The van der Waals surface area contributed by atoms with E-state index < -0.39 is 5.82 Å². The smallest absolute Gasteiger partial charge is 0.230 e. The van der Waals surface area contributed by atoms with E-state index >= 15 is 0 Å². The minimum atomic E-state index is -0.586. The van der Waals surface area contributed by atoms with Gasteiger partial charge in [0.25, 0.3) is 0 Å². The lowest BCUT2D eigenvalue weighted by Crippen LogP contribution is -1.99. The number of anilines is 3. The molecule has 7 heteroatoms. The zero-order chi connectivity index (χ0) is 16.2. The summed E-state index contributed by atoms with van der Waals surface area (Å²) in [7, 11) is 0. The molecule has 0 saturated carbocycles. The molecule has 0 atom stereocenters. The van der Waals surface area contributed by atoms with E-state index in [2.05, 4.69) is 15.3 Å². The van der Waals surface area contributed by atoms with Gasteiger partial charge < -0.3 is 15.8 Å². The van der Waals surface area contributed by atoms with Crippen molar-refractivity contribution in [1.82, 2.24) is 9.97 Å². The molecule has 0 aliphatic heterocycles. The maximum absolute atomic E-state index is 13.7. The zero-order valence-electron chi connectivity index (χ0n) is 11.8. The van der Waals surface area contributed by atoms with Crippen LogP contribution < -0.4 is 15.8 Å². The van der Waals surface area contributed by atoms with Gasteiger partial charge in [-0.3, -0.25) is 0 Å². The third-order valence-corrected chi connectivity index (χ3v) is 2.90. The quantitative estimate of drug-likeness (QED) is 0.715. The number of aromatic nitrogens is 2. The summed E-state index contributed by atoms with van der Waals surface area (Å²) in [4.78, 5) is 8.14. The second-order valence-corrected chi connectivity index (χ2v) is 4.64. The molecule has 23 heavy (non-hydrogen) atoms. The molecule has 1 aromatic heterocycles. The molecule has 0 aliphatic carbocycles. The van der Waals surface area contributed by atoms with Gasteiger partial charge in [-0.15, -0.1) is 0 Å². The van der Waals surface area contributed by atoms with Gasteiger partial charge in [-0.2, -0.15) is 4.98 Å². The lowest BCUT2D eigenvalue weighted by atomic mass is 10.3. The van der Waals surface area contributed by atoms with Crippen LogP contribution in [0.2, 0.25) is 0 Å². The highest BCUT2D eigenvalue weighted by Crippen LogP contribution is 2.25. The minimum Gasteiger partial charge on any atom is -0.436 e. The van der Waals surface area contributed by atoms with Crippen LogP contribution >= 0.6 is 0 Å². The molecule has 3 N–H and O–H groups in total. The van der Waals surface area contributed by atoms with Gasteiger partial charge in [-0.1, -0.05) is 0 Å². The van der Waals surface area contributed by atoms with Gasteiger partial charge in [-0.05, 0) is 36.4 Å². The van der Waals surface area contributed by atoms with E-state index in [0.29, 0.717) is 11.4 Å². The fraction of sp³-hybridized carbons (Fsp3) is 0. The fourth-order valence-electron chi connectivity index (χ4n) is 1.83. The first kappa shape index (κ1) is 14.7. The van der Waals surface area contributed by atoms with Crippen molar-refractivity contribution in [2.45, 2.75) is 0 Å². The third-order valence-electron chi connectivity index (χ3n) is 2.90. The molecular weight excluding hydrogens is 302 g/mol. The second-order valence-electron chi connectivity index (χ2n) is 4.64. The van der Waals surface area contributed by atoms with E-state index in [1.807, 2.05) is 0 Å². The van der Waals surface area contributed by atoms with Gasteiger partial charge in [-0.25, -0.2) is 13.8 Å². The monoisotopic (exact) mass is 314 g/mol. The Bertz CT molecular complexity index is 825. The number of nitrogens with two attached hydrogens (primary N) is 1. The standard InChI is InChI=1S/C16H12F2N4O/c17-10-1-4-12(5-2-10)21-16-20-8-7-15(22-16)23-14-6-3-11(19)9-13(14)18/h1-9H,19H2,(H,20,21,22). The predicted octanol–water partition coefficient (Wildman–Crippen LogP) is 3.87. The molecule has 0 amide bonds. The van der Waals surface area contributed by atoms with E-state index in [4.69, 9.17) is 10.5 Å². The SMILES string of the molecule is Nc1ccc(Oc2ccnc(Nc3ccc(F)cc3)n2)c(F)c1. The highest BCUT2D eigenvalue weighted by molar-refractivity contribution is 5.53. The third kappa shape index (κ3) is 3.70. The largest absolute Gasteiger partial charge is 0.436 e. The first-order valence-electron chi connectivity index (χ1n) is 6.69.